The number of nitrogens with zero attached hydrogens (tertiary/aromatic N) is 5. The van der Waals surface area contributed by atoms with Crippen molar-refractivity contribution in [1.82, 2.24) is 14.5 Å². The number of hydrogen-bond acceptors (Lipinski definition) is 5. The third kappa shape index (κ3) is 4.39. The van der Waals surface area contributed by atoms with E-state index in [1.165, 1.54) is 11.8 Å². The highest BCUT2D eigenvalue weighted by Crippen LogP contribution is 2.34. The Morgan fingerprint density at radius 3 is 2.39 bits per heavy atom. The van der Waals surface area contributed by atoms with Crippen molar-refractivity contribution in [2.45, 2.75) is 6.42 Å². The van der Waals surface area contributed by atoms with Crippen LogP contribution in [-0.2, 0) is 11.2 Å². The minimum Gasteiger partial charge on any atom is -0.369 e. The average molecular weight is 542 g/mol. The number of rotatable bonds is 4. The fraction of sp³-hybridized carbons (Fsp3) is 0.206. The molecule has 4 heterocycles. The van der Waals surface area contributed by atoms with Gasteiger partial charge in [0.1, 0.15) is 0 Å². The van der Waals surface area contributed by atoms with E-state index in [0.29, 0.717) is 6.54 Å². The SMILES string of the molecule is C=CC(=O)N1CCc2ccc(-n3c(=O)ccc4cnc5ccc(-c6ccc(N7CCN(C)CC7)cc6)cc5c43)cc21. The quantitative estimate of drug-likeness (QED) is 0.236. The summed E-state index contributed by atoms with van der Waals surface area (Å²) in [7, 11) is 2.17. The lowest BCUT2D eigenvalue weighted by Crippen LogP contribution is -2.44. The van der Waals surface area contributed by atoms with E-state index in [0.717, 1.165) is 82.5 Å². The number of carbonyl (C=O) groups is 1. The van der Waals surface area contributed by atoms with Crippen molar-refractivity contribution < 1.29 is 4.79 Å². The molecule has 0 N–H and O–H groups in total. The van der Waals surface area contributed by atoms with E-state index in [9.17, 15) is 9.59 Å². The molecule has 3 aromatic carbocycles. The van der Waals surface area contributed by atoms with Crippen LogP contribution in [0.25, 0.3) is 38.6 Å². The zero-order chi connectivity index (χ0) is 28.1. The van der Waals surface area contributed by atoms with Gasteiger partial charge in [-0.3, -0.25) is 19.1 Å². The van der Waals surface area contributed by atoms with E-state index >= 15 is 0 Å². The standard InChI is InChI=1S/C34H31N5O2/c1-3-32(40)38-15-14-24-6-11-28(21-31(24)38)39-33(41)13-8-26-22-35-30-12-7-25(20-29(30)34(26)39)23-4-9-27(10-5-23)37-18-16-36(2)17-19-37/h3-13,20-22H,1,14-19H2,2H3. The van der Waals surface area contributed by atoms with E-state index in [1.54, 1.807) is 15.5 Å². The number of carbonyl (C=O) groups excluding carboxylic acids is 1. The Labute approximate surface area is 238 Å². The number of anilines is 2. The summed E-state index contributed by atoms with van der Waals surface area (Å²) in [5, 5.41) is 1.78. The van der Waals surface area contributed by atoms with E-state index in [-0.39, 0.29) is 11.5 Å². The Morgan fingerprint density at radius 1 is 0.854 bits per heavy atom. The summed E-state index contributed by atoms with van der Waals surface area (Å²) >= 11 is 0. The topological polar surface area (TPSA) is 61.7 Å². The van der Waals surface area contributed by atoms with Gasteiger partial charge < -0.3 is 14.7 Å². The lowest BCUT2D eigenvalue weighted by atomic mass is 10.0. The molecule has 2 aliphatic rings. The van der Waals surface area contributed by atoms with Crippen molar-refractivity contribution in [1.29, 1.82) is 0 Å². The largest absolute Gasteiger partial charge is 0.369 e. The lowest BCUT2D eigenvalue weighted by molar-refractivity contribution is -0.114. The van der Waals surface area contributed by atoms with Crippen molar-refractivity contribution in [2.24, 2.45) is 0 Å². The second-order valence-electron chi connectivity index (χ2n) is 10.9. The Balaban J connectivity index is 1.34. The van der Waals surface area contributed by atoms with E-state index in [4.69, 9.17) is 4.98 Å². The molecule has 7 rings (SSSR count). The fourth-order valence-electron chi connectivity index (χ4n) is 6.12. The molecular weight excluding hydrogens is 510 g/mol. The molecule has 0 aliphatic carbocycles. The molecule has 2 aromatic heterocycles. The van der Waals surface area contributed by atoms with Crippen LogP contribution < -0.4 is 15.4 Å². The summed E-state index contributed by atoms with van der Waals surface area (Å²) in [6.07, 6.45) is 3.94. The maximum atomic E-state index is 13.5. The van der Waals surface area contributed by atoms with Crippen molar-refractivity contribution >= 4 is 39.1 Å². The number of hydrogen-bond donors (Lipinski definition) is 0. The Bertz CT molecular complexity index is 1880. The van der Waals surface area contributed by atoms with Gasteiger partial charge in [-0.25, -0.2) is 0 Å². The van der Waals surface area contributed by atoms with Crippen LogP contribution >= 0.6 is 0 Å². The summed E-state index contributed by atoms with van der Waals surface area (Å²) in [5.41, 5.74) is 7.55. The maximum absolute atomic E-state index is 13.5. The number of likely N-dealkylation sites (N-methyl/N-ethyl adjacent to an activating group) is 1. The Morgan fingerprint density at radius 2 is 1.61 bits per heavy atom. The number of pyridine rings is 2. The van der Waals surface area contributed by atoms with Gasteiger partial charge in [0.2, 0.25) is 5.91 Å². The number of amides is 1. The first-order valence-electron chi connectivity index (χ1n) is 14.1. The molecule has 7 heteroatoms. The fourth-order valence-corrected chi connectivity index (χ4v) is 6.12. The first kappa shape index (κ1) is 25.2. The molecule has 5 aromatic rings. The number of benzene rings is 3. The molecule has 41 heavy (non-hydrogen) atoms. The molecule has 0 spiro atoms. The van der Waals surface area contributed by atoms with Crippen LogP contribution in [0.1, 0.15) is 5.56 Å². The molecule has 0 atom stereocenters. The van der Waals surface area contributed by atoms with Gasteiger partial charge in [0.25, 0.3) is 5.56 Å². The van der Waals surface area contributed by atoms with Crippen LogP contribution in [0.5, 0.6) is 0 Å². The number of aromatic nitrogens is 2. The smallest absolute Gasteiger partial charge is 0.255 e. The van der Waals surface area contributed by atoms with Crippen molar-refractivity contribution in [3.05, 3.63) is 108 Å². The Hall–Kier alpha value is -4.75. The van der Waals surface area contributed by atoms with Gasteiger partial charge in [0.15, 0.2) is 0 Å². The monoisotopic (exact) mass is 541 g/mol. The summed E-state index contributed by atoms with van der Waals surface area (Å²) in [4.78, 5) is 37.2. The van der Waals surface area contributed by atoms with Gasteiger partial charge in [0, 0.05) is 67.1 Å². The van der Waals surface area contributed by atoms with E-state index < -0.39 is 0 Å². The van der Waals surface area contributed by atoms with E-state index in [1.807, 2.05) is 36.5 Å². The van der Waals surface area contributed by atoms with Crippen LogP contribution in [0.2, 0.25) is 0 Å². The second-order valence-corrected chi connectivity index (χ2v) is 10.9. The first-order chi connectivity index (χ1) is 20.0. The predicted octanol–water partition coefficient (Wildman–Crippen LogP) is 5.03. The molecule has 1 fully saturated rings. The second kappa shape index (κ2) is 10.0. The first-order valence-corrected chi connectivity index (χ1v) is 14.1. The molecule has 2 aliphatic heterocycles. The number of fused-ring (bicyclic) bond motifs is 4. The lowest BCUT2D eigenvalue weighted by Gasteiger charge is -2.34. The van der Waals surface area contributed by atoms with Gasteiger partial charge in [-0.1, -0.05) is 30.8 Å². The molecule has 0 radical (unpaired) electrons. The van der Waals surface area contributed by atoms with Crippen LogP contribution in [0.15, 0.2) is 96.4 Å². The molecule has 0 unspecified atom stereocenters. The summed E-state index contributed by atoms with van der Waals surface area (Å²) in [6.45, 7) is 8.47. The molecule has 1 amide bonds. The average Bonchev–Trinajstić information content (AvgIpc) is 3.44. The van der Waals surface area contributed by atoms with Crippen LogP contribution in [-0.4, -0.2) is 60.1 Å². The zero-order valence-electron chi connectivity index (χ0n) is 23.1. The van der Waals surface area contributed by atoms with Gasteiger partial charge in [-0.05, 0) is 78.7 Å². The van der Waals surface area contributed by atoms with Crippen LogP contribution in [0, 0.1) is 0 Å². The van der Waals surface area contributed by atoms with Gasteiger partial charge in [-0.2, -0.15) is 0 Å². The van der Waals surface area contributed by atoms with E-state index in [2.05, 4.69) is 59.8 Å². The summed E-state index contributed by atoms with van der Waals surface area (Å²) < 4.78 is 1.74. The zero-order valence-corrected chi connectivity index (χ0v) is 23.1. The third-order valence-corrected chi connectivity index (χ3v) is 8.45. The van der Waals surface area contributed by atoms with Crippen LogP contribution in [0.3, 0.4) is 0 Å². The van der Waals surface area contributed by atoms with Crippen LogP contribution in [0.4, 0.5) is 11.4 Å². The number of piperazine rings is 1. The molecule has 0 bridgehead atoms. The predicted molar refractivity (Wildman–Crippen MR) is 166 cm³/mol. The summed E-state index contributed by atoms with van der Waals surface area (Å²) in [6, 6.07) is 24.3. The Kier molecular flexibility index (Phi) is 6.16. The highest BCUT2D eigenvalue weighted by molar-refractivity contribution is 6.06. The van der Waals surface area contributed by atoms with Gasteiger partial charge >= 0.3 is 0 Å². The summed E-state index contributed by atoms with van der Waals surface area (Å²) in [5.74, 6) is -0.135. The molecule has 7 nitrogen and oxygen atoms in total. The molecule has 204 valence electrons. The van der Waals surface area contributed by atoms with Gasteiger partial charge in [-0.15, -0.1) is 0 Å². The normalized spacial score (nSPS) is 15.4. The highest BCUT2D eigenvalue weighted by Gasteiger charge is 2.24. The third-order valence-electron chi connectivity index (χ3n) is 8.45. The van der Waals surface area contributed by atoms with Crippen molar-refractivity contribution in [3.8, 4) is 16.8 Å². The molecule has 0 saturated carbocycles. The van der Waals surface area contributed by atoms with Crippen molar-refractivity contribution in [3.63, 3.8) is 0 Å². The van der Waals surface area contributed by atoms with Crippen molar-refractivity contribution in [2.75, 3.05) is 49.6 Å². The molecule has 1 saturated heterocycles. The molecular formula is C34H31N5O2. The minimum absolute atomic E-state index is 0.133. The maximum Gasteiger partial charge on any atom is 0.255 e. The van der Waals surface area contributed by atoms with Gasteiger partial charge in [0.05, 0.1) is 16.7 Å². The highest BCUT2D eigenvalue weighted by atomic mass is 16.2. The minimum atomic E-state index is -0.135.